The number of alkyl halides is 1. The van der Waals surface area contributed by atoms with Crippen LogP contribution in [0.15, 0.2) is 18.2 Å². The molecule has 0 atom stereocenters. The van der Waals surface area contributed by atoms with Crippen molar-refractivity contribution in [2.24, 2.45) is 0 Å². The number of nitrogens with zero attached hydrogens (tertiary/aromatic N) is 1. The second-order valence-corrected chi connectivity index (χ2v) is 2.73. The summed E-state index contributed by atoms with van der Waals surface area (Å²) in [6.07, 6.45) is 0. The average molecular weight is 264 g/mol. The predicted octanol–water partition coefficient (Wildman–Crippen LogP) is 3.66. The zero-order chi connectivity index (χ0) is 11.1. The van der Waals surface area contributed by atoms with Gasteiger partial charge in [-0.05, 0) is 11.6 Å². The SMILES string of the molecule is CC.O=[N+]([O-])c1ccc(CBr)c(F)c1. The summed E-state index contributed by atoms with van der Waals surface area (Å²) >= 11 is 3.06. The van der Waals surface area contributed by atoms with Crippen LogP contribution in [0.4, 0.5) is 10.1 Å². The normalized spacial score (nSPS) is 8.86. The summed E-state index contributed by atoms with van der Waals surface area (Å²) in [4.78, 5) is 9.56. The van der Waals surface area contributed by atoms with Gasteiger partial charge in [-0.2, -0.15) is 0 Å². The smallest absolute Gasteiger partial charge is 0.258 e. The van der Waals surface area contributed by atoms with Crippen molar-refractivity contribution in [3.63, 3.8) is 0 Å². The first-order valence-electron chi connectivity index (χ1n) is 4.14. The summed E-state index contributed by atoms with van der Waals surface area (Å²) in [5.41, 5.74) is 0.192. The topological polar surface area (TPSA) is 43.1 Å². The van der Waals surface area contributed by atoms with E-state index in [4.69, 9.17) is 0 Å². The summed E-state index contributed by atoms with van der Waals surface area (Å²) in [7, 11) is 0. The number of benzene rings is 1. The van der Waals surface area contributed by atoms with Crippen LogP contribution < -0.4 is 0 Å². The molecule has 0 saturated heterocycles. The van der Waals surface area contributed by atoms with Crippen molar-refractivity contribution in [2.45, 2.75) is 19.2 Å². The Bertz CT molecular complexity index is 318. The number of nitro groups is 1. The molecule has 0 amide bonds. The van der Waals surface area contributed by atoms with Crippen LogP contribution in [-0.4, -0.2) is 4.92 Å². The molecule has 0 aliphatic rings. The van der Waals surface area contributed by atoms with Crippen molar-refractivity contribution < 1.29 is 9.31 Å². The molecular weight excluding hydrogens is 253 g/mol. The van der Waals surface area contributed by atoms with E-state index in [0.717, 1.165) is 6.07 Å². The molecule has 1 aromatic rings. The molecule has 0 saturated carbocycles. The molecule has 0 unspecified atom stereocenters. The Morgan fingerprint density at radius 3 is 2.43 bits per heavy atom. The molecule has 0 fully saturated rings. The Balaban J connectivity index is 0.000000791. The summed E-state index contributed by atoms with van der Waals surface area (Å²) in [6, 6.07) is 3.58. The quantitative estimate of drug-likeness (QED) is 0.464. The van der Waals surface area contributed by atoms with Gasteiger partial charge in [0.1, 0.15) is 5.82 Å². The molecule has 1 aromatic carbocycles. The number of nitro benzene ring substituents is 1. The van der Waals surface area contributed by atoms with E-state index in [9.17, 15) is 14.5 Å². The number of non-ortho nitro benzene ring substituents is 1. The van der Waals surface area contributed by atoms with Crippen molar-refractivity contribution in [3.05, 3.63) is 39.7 Å². The van der Waals surface area contributed by atoms with Crippen LogP contribution in [0.3, 0.4) is 0 Å². The third-order valence-electron chi connectivity index (χ3n) is 1.39. The Hall–Kier alpha value is -0.970. The van der Waals surface area contributed by atoms with Gasteiger partial charge in [0.05, 0.1) is 11.0 Å². The molecule has 5 heteroatoms. The molecule has 0 spiro atoms. The van der Waals surface area contributed by atoms with Crippen molar-refractivity contribution in [1.82, 2.24) is 0 Å². The van der Waals surface area contributed by atoms with Gasteiger partial charge in [-0.25, -0.2) is 4.39 Å². The standard InChI is InChI=1S/C7H5BrFNO2.C2H6/c8-4-5-1-2-6(10(11)12)3-7(5)9;1-2/h1-3H,4H2;1-2H3. The molecule has 0 heterocycles. The summed E-state index contributed by atoms with van der Waals surface area (Å²) in [6.45, 7) is 4.00. The highest BCUT2D eigenvalue weighted by Gasteiger charge is 2.08. The number of halogens is 2. The molecule has 0 aliphatic carbocycles. The first kappa shape index (κ1) is 13.0. The lowest BCUT2D eigenvalue weighted by atomic mass is 10.2. The zero-order valence-electron chi connectivity index (χ0n) is 7.96. The van der Waals surface area contributed by atoms with E-state index in [1.165, 1.54) is 12.1 Å². The monoisotopic (exact) mass is 263 g/mol. The summed E-state index contributed by atoms with van der Waals surface area (Å²) in [5.74, 6) is -0.555. The molecule has 0 aromatic heterocycles. The number of hydrogen-bond donors (Lipinski definition) is 0. The summed E-state index contributed by atoms with van der Waals surface area (Å²) in [5, 5.41) is 10.5. The lowest BCUT2D eigenvalue weighted by Gasteiger charge is -1.96. The Morgan fingerprint density at radius 1 is 1.50 bits per heavy atom. The van der Waals surface area contributed by atoms with Crippen LogP contribution in [0, 0.1) is 15.9 Å². The van der Waals surface area contributed by atoms with Gasteiger partial charge >= 0.3 is 0 Å². The first-order chi connectivity index (χ1) is 6.65. The van der Waals surface area contributed by atoms with Crippen molar-refractivity contribution in [2.75, 3.05) is 0 Å². The van der Waals surface area contributed by atoms with E-state index in [2.05, 4.69) is 15.9 Å². The predicted molar refractivity (Wildman–Crippen MR) is 57.0 cm³/mol. The maximum absolute atomic E-state index is 12.9. The van der Waals surface area contributed by atoms with Crippen LogP contribution in [0.2, 0.25) is 0 Å². The lowest BCUT2D eigenvalue weighted by Crippen LogP contribution is -1.91. The van der Waals surface area contributed by atoms with Gasteiger partial charge in [0.2, 0.25) is 0 Å². The molecule has 0 aliphatic heterocycles. The van der Waals surface area contributed by atoms with Gasteiger partial charge in [-0.3, -0.25) is 10.1 Å². The van der Waals surface area contributed by atoms with Crippen LogP contribution >= 0.6 is 15.9 Å². The molecule has 0 N–H and O–H groups in total. The van der Waals surface area contributed by atoms with Crippen molar-refractivity contribution in [3.8, 4) is 0 Å². The van der Waals surface area contributed by atoms with E-state index in [1.54, 1.807) is 0 Å². The van der Waals surface area contributed by atoms with E-state index >= 15 is 0 Å². The van der Waals surface area contributed by atoms with Gasteiger partial charge in [-0.15, -0.1) is 0 Å². The van der Waals surface area contributed by atoms with Crippen LogP contribution in [0.25, 0.3) is 0 Å². The highest BCUT2D eigenvalue weighted by atomic mass is 79.9. The molecule has 0 bridgehead atoms. The minimum atomic E-state index is -0.624. The largest absolute Gasteiger partial charge is 0.272 e. The van der Waals surface area contributed by atoms with Gasteiger partial charge < -0.3 is 0 Å². The second-order valence-electron chi connectivity index (χ2n) is 2.17. The van der Waals surface area contributed by atoms with Gasteiger partial charge in [0.15, 0.2) is 0 Å². The molecule has 1 rings (SSSR count). The van der Waals surface area contributed by atoms with Crippen molar-refractivity contribution >= 4 is 21.6 Å². The molecular formula is C9H11BrFNO2. The Morgan fingerprint density at radius 2 is 2.07 bits per heavy atom. The fraction of sp³-hybridized carbons (Fsp3) is 0.333. The van der Waals surface area contributed by atoms with Crippen LogP contribution in [0.5, 0.6) is 0 Å². The number of rotatable bonds is 2. The molecule has 78 valence electrons. The van der Waals surface area contributed by atoms with Crippen molar-refractivity contribution in [1.29, 1.82) is 0 Å². The van der Waals surface area contributed by atoms with Crippen LogP contribution in [0.1, 0.15) is 19.4 Å². The third kappa shape index (κ3) is 3.41. The van der Waals surface area contributed by atoms with Gasteiger partial charge in [0.25, 0.3) is 5.69 Å². The van der Waals surface area contributed by atoms with E-state index in [1.807, 2.05) is 13.8 Å². The van der Waals surface area contributed by atoms with E-state index < -0.39 is 10.7 Å². The maximum Gasteiger partial charge on any atom is 0.272 e. The van der Waals surface area contributed by atoms with Crippen LogP contribution in [-0.2, 0) is 5.33 Å². The Labute approximate surface area is 90.2 Å². The minimum Gasteiger partial charge on any atom is -0.258 e. The maximum atomic E-state index is 12.9. The molecule has 0 radical (unpaired) electrons. The third-order valence-corrected chi connectivity index (χ3v) is 2.00. The first-order valence-corrected chi connectivity index (χ1v) is 5.26. The second kappa shape index (κ2) is 6.48. The average Bonchev–Trinajstić information content (AvgIpc) is 2.20. The van der Waals surface area contributed by atoms with Gasteiger partial charge in [0, 0.05) is 11.4 Å². The fourth-order valence-electron chi connectivity index (χ4n) is 0.758. The minimum absolute atomic E-state index is 0.225. The highest BCUT2D eigenvalue weighted by molar-refractivity contribution is 9.08. The fourth-order valence-corrected chi connectivity index (χ4v) is 1.21. The van der Waals surface area contributed by atoms with E-state index in [0.29, 0.717) is 10.9 Å². The van der Waals surface area contributed by atoms with E-state index in [-0.39, 0.29) is 5.69 Å². The lowest BCUT2D eigenvalue weighted by molar-refractivity contribution is -0.385. The number of hydrogen-bond acceptors (Lipinski definition) is 2. The van der Waals surface area contributed by atoms with Gasteiger partial charge in [-0.1, -0.05) is 29.8 Å². The molecule has 3 nitrogen and oxygen atoms in total. The highest BCUT2D eigenvalue weighted by Crippen LogP contribution is 2.17. The molecule has 14 heavy (non-hydrogen) atoms. The Kier molecular flexibility index (Phi) is 6.03. The zero-order valence-corrected chi connectivity index (χ0v) is 9.54. The summed E-state index contributed by atoms with van der Waals surface area (Å²) < 4.78 is 12.9.